The molecule has 7 N–H and O–H groups in total. The summed E-state index contributed by atoms with van der Waals surface area (Å²) in [6.45, 7) is 2.87. The minimum absolute atomic E-state index is 0.0572. The molecule has 19 heteroatoms. The number of pyridine rings is 1. The summed E-state index contributed by atoms with van der Waals surface area (Å²) in [5, 5.41) is 52.4. The van der Waals surface area contributed by atoms with Crippen LogP contribution in [0, 0.1) is 0 Å². The predicted molar refractivity (Wildman–Crippen MR) is 159 cm³/mol. The van der Waals surface area contributed by atoms with Crippen molar-refractivity contribution in [1.82, 2.24) is 35.8 Å². The van der Waals surface area contributed by atoms with Gasteiger partial charge < -0.3 is 31.2 Å². The summed E-state index contributed by atoms with van der Waals surface area (Å²) in [4.78, 5) is 49.2. The van der Waals surface area contributed by atoms with E-state index in [2.05, 4.69) is 36.1 Å². The Bertz CT molecular complexity index is 1910. The van der Waals surface area contributed by atoms with E-state index in [9.17, 15) is 29.7 Å². The van der Waals surface area contributed by atoms with Crippen molar-refractivity contribution in [3.8, 4) is 11.5 Å². The number of phenols is 2. The number of hydrogen-bond acceptors (Lipinski definition) is 14. The molecule has 2 aliphatic rings. The van der Waals surface area contributed by atoms with Gasteiger partial charge in [-0.15, -0.1) is 33.3 Å². The number of nitrogens with one attached hydrogen (secondary N) is 2. The Morgan fingerprint density at radius 2 is 2.04 bits per heavy atom. The molecule has 0 saturated carbocycles. The zero-order chi connectivity index (χ0) is 32.0. The maximum atomic E-state index is 13.6. The highest BCUT2D eigenvalue weighted by Gasteiger charge is 2.54. The van der Waals surface area contributed by atoms with Crippen molar-refractivity contribution in [2.24, 2.45) is 5.16 Å². The number of carboxylic acid groups (broad SMARTS) is 1. The van der Waals surface area contributed by atoms with Crippen molar-refractivity contribution in [2.45, 2.75) is 37.4 Å². The van der Waals surface area contributed by atoms with E-state index >= 15 is 0 Å². The van der Waals surface area contributed by atoms with Gasteiger partial charge in [0.05, 0.1) is 5.70 Å². The van der Waals surface area contributed by atoms with Crippen LogP contribution in [0.5, 0.6) is 11.5 Å². The molecule has 0 spiro atoms. The van der Waals surface area contributed by atoms with E-state index in [4.69, 9.17) is 10.6 Å². The van der Waals surface area contributed by atoms with Gasteiger partial charge in [0, 0.05) is 28.2 Å². The first-order valence-electron chi connectivity index (χ1n) is 13.2. The number of amides is 2. The molecule has 1 saturated heterocycles. The molecule has 1 fully saturated rings. The molecule has 0 unspecified atom stereocenters. The lowest BCUT2D eigenvalue weighted by Crippen LogP contribution is -2.70. The van der Waals surface area contributed by atoms with Crippen LogP contribution in [-0.4, -0.2) is 92.1 Å². The summed E-state index contributed by atoms with van der Waals surface area (Å²) in [5.41, 5.74) is 4.95. The zero-order valence-electron chi connectivity index (χ0n) is 23.5. The number of nitrogens with two attached hydrogens (primary N) is 1. The monoisotopic (exact) mass is 653 g/mol. The first-order valence-corrected chi connectivity index (χ1v) is 15.1. The topological polar surface area (TPSA) is 246 Å². The number of carbonyl (C=O) groups excluding carboxylic acids is 2. The lowest BCUT2D eigenvalue weighted by atomic mass is 10.0. The van der Waals surface area contributed by atoms with E-state index in [1.165, 1.54) is 48.0 Å². The van der Waals surface area contributed by atoms with Gasteiger partial charge in [0.2, 0.25) is 11.4 Å². The number of β-lactam (4-membered cyclic amide) rings is 1. The van der Waals surface area contributed by atoms with Gasteiger partial charge >= 0.3 is 5.97 Å². The fourth-order valence-corrected chi connectivity index (χ4v) is 6.55. The molecule has 0 bridgehead atoms. The van der Waals surface area contributed by atoms with Gasteiger partial charge in [0.25, 0.3) is 11.8 Å². The lowest BCUT2D eigenvalue weighted by molar-refractivity contribution is -0.687. The smallest absolute Gasteiger partial charge is 0.350 e. The highest BCUT2D eigenvalue weighted by molar-refractivity contribution is 8.00. The summed E-state index contributed by atoms with van der Waals surface area (Å²) in [6.07, 6.45) is 3.60. The maximum absolute atomic E-state index is 13.6. The van der Waals surface area contributed by atoms with Gasteiger partial charge in [-0.05, 0) is 36.6 Å². The number of thiazole rings is 1. The standard InChI is InChI=1S/C26H24N10O7S2/c1-26(2,24(41)42)43-32-17(14-10-45-25(27)28-14)21(39)29-18-22(40)36-19(20-30-33-34-31-20)13(9-44-23(18)36)8-35-4-3-11-5-15(37)16(38)6-12(11)7-35/h3-7,10,18,23H,8-9H2,1-2H3,(H6,27,28,29,30,31,33,34,38,39,41,42)/p+1/b32-17+/t18-,23-/m1/s1. The minimum Gasteiger partial charge on any atom is -0.504 e. The molecule has 3 aromatic heterocycles. The Hall–Kier alpha value is -5.30. The number of H-pyrrole nitrogens is 1. The van der Waals surface area contributed by atoms with Crippen molar-refractivity contribution < 1.29 is 39.1 Å². The molecular weight excluding hydrogens is 628 g/mol. The summed E-state index contributed by atoms with van der Waals surface area (Å²) in [7, 11) is 0. The number of aromatic hydroxyl groups is 2. The molecule has 2 aliphatic heterocycles. The Balaban J connectivity index is 1.26. The third-order valence-electron chi connectivity index (χ3n) is 7.05. The van der Waals surface area contributed by atoms with Crippen LogP contribution in [0.4, 0.5) is 5.13 Å². The third kappa shape index (κ3) is 5.57. The molecule has 1 aromatic carbocycles. The third-order valence-corrected chi connectivity index (χ3v) is 9.07. The number of fused-ring (bicyclic) bond motifs is 2. The molecule has 0 aliphatic carbocycles. The van der Waals surface area contributed by atoms with Crippen LogP contribution in [-0.2, 0) is 25.8 Å². The summed E-state index contributed by atoms with van der Waals surface area (Å²) < 4.78 is 1.86. The van der Waals surface area contributed by atoms with Crippen LogP contribution in [0.15, 0.2) is 46.7 Å². The van der Waals surface area contributed by atoms with Crippen molar-refractivity contribution in [2.75, 3.05) is 11.5 Å². The highest BCUT2D eigenvalue weighted by atomic mass is 32.2. The number of thioether (sulfide) groups is 1. The van der Waals surface area contributed by atoms with Crippen molar-refractivity contribution >= 4 is 68.2 Å². The summed E-state index contributed by atoms with van der Waals surface area (Å²) in [6, 6.07) is 3.74. The minimum atomic E-state index is -1.75. The van der Waals surface area contributed by atoms with Gasteiger partial charge in [-0.3, -0.25) is 14.5 Å². The molecule has 232 valence electrons. The summed E-state index contributed by atoms with van der Waals surface area (Å²) >= 11 is 2.46. The summed E-state index contributed by atoms with van der Waals surface area (Å²) in [5.74, 6) is -2.38. The van der Waals surface area contributed by atoms with Crippen molar-refractivity contribution in [3.05, 3.63) is 53.1 Å². The Kier molecular flexibility index (Phi) is 7.49. The normalized spacial score (nSPS) is 18.5. The number of aromatic amines is 1. The number of benzene rings is 1. The Labute approximate surface area is 261 Å². The molecule has 2 atom stereocenters. The van der Waals surface area contributed by atoms with E-state index in [0.717, 1.165) is 22.3 Å². The second-order valence-electron chi connectivity index (χ2n) is 10.6. The molecule has 2 amide bonds. The number of hydrogen-bond donors (Lipinski definition) is 6. The predicted octanol–water partition coefficient (Wildman–Crippen LogP) is 0.186. The fraction of sp³-hybridized carbons (Fsp3) is 0.269. The number of carbonyl (C=O) groups is 3. The van der Waals surface area contributed by atoms with E-state index < -0.39 is 34.8 Å². The van der Waals surface area contributed by atoms with E-state index in [1.54, 1.807) is 18.5 Å². The molecule has 5 heterocycles. The number of nitrogens with zero attached hydrogens (tertiary/aromatic N) is 7. The number of tetrazole rings is 1. The van der Waals surface area contributed by atoms with Crippen LogP contribution in [0.2, 0.25) is 0 Å². The number of carboxylic acids is 1. The number of rotatable bonds is 9. The molecule has 6 rings (SSSR count). The number of nitrogen functional groups attached to an aromatic ring is 1. The molecular formula is C26H25N10O7S2+. The van der Waals surface area contributed by atoms with Crippen LogP contribution in [0.25, 0.3) is 16.5 Å². The lowest BCUT2D eigenvalue weighted by Gasteiger charge is -2.49. The average Bonchev–Trinajstić information content (AvgIpc) is 3.69. The van der Waals surface area contributed by atoms with Crippen molar-refractivity contribution in [1.29, 1.82) is 0 Å². The van der Waals surface area contributed by atoms with Crippen LogP contribution < -0.4 is 15.6 Å². The molecule has 45 heavy (non-hydrogen) atoms. The van der Waals surface area contributed by atoms with Crippen LogP contribution >= 0.6 is 23.1 Å². The van der Waals surface area contributed by atoms with Crippen LogP contribution in [0.3, 0.4) is 0 Å². The van der Waals surface area contributed by atoms with E-state index in [0.29, 0.717) is 23.4 Å². The highest BCUT2D eigenvalue weighted by Crippen LogP contribution is 2.43. The number of oxime groups is 1. The molecule has 0 radical (unpaired) electrons. The quantitative estimate of drug-likeness (QED) is 0.0465. The Morgan fingerprint density at radius 3 is 2.71 bits per heavy atom. The van der Waals surface area contributed by atoms with Gasteiger partial charge in [0.1, 0.15) is 17.1 Å². The number of aliphatic carboxylic acids is 1. The van der Waals surface area contributed by atoms with E-state index in [-0.39, 0.29) is 33.9 Å². The van der Waals surface area contributed by atoms with Gasteiger partial charge in [0.15, 0.2) is 41.3 Å². The number of aromatic nitrogens is 6. The second kappa shape index (κ2) is 11.3. The molecule has 17 nitrogen and oxygen atoms in total. The number of phenolic OH excluding ortho intramolecular Hbond substituents is 2. The van der Waals surface area contributed by atoms with E-state index in [1.807, 2.05) is 4.57 Å². The first kappa shape index (κ1) is 29.8. The largest absolute Gasteiger partial charge is 0.504 e. The first-order chi connectivity index (χ1) is 21.4. The van der Waals surface area contributed by atoms with Gasteiger partial charge in [-0.2, -0.15) is 5.21 Å². The van der Waals surface area contributed by atoms with Gasteiger partial charge in [-0.25, -0.2) is 14.3 Å². The fourth-order valence-electron chi connectivity index (χ4n) is 4.67. The molecule has 4 aromatic rings. The number of anilines is 1. The average molecular weight is 654 g/mol. The SMILES string of the molecule is CC(C)(O/N=C(/C(=O)N[C@@H]1C(=O)N2C(c3nn[nH]n3)=C(C[n+]3ccc4cc(O)c(O)cc4c3)CS[C@H]12)c1csc(N)n1)C(=O)O. The zero-order valence-corrected chi connectivity index (χ0v) is 25.2. The maximum Gasteiger partial charge on any atom is 0.350 e. The van der Waals surface area contributed by atoms with Gasteiger partial charge in [-0.1, -0.05) is 5.16 Å². The van der Waals surface area contributed by atoms with Crippen molar-refractivity contribution in [3.63, 3.8) is 0 Å². The van der Waals surface area contributed by atoms with Crippen LogP contribution in [0.1, 0.15) is 25.4 Å². The second-order valence-corrected chi connectivity index (χ2v) is 12.5. The Morgan fingerprint density at radius 1 is 1.29 bits per heavy atom.